The van der Waals surface area contributed by atoms with Crippen molar-refractivity contribution < 1.29 is 19.1 Å². The third-order valence-corrected chi connectivity index (χ3v) is 4.33. The number of para-hydroxylation sites is 1. The van der Waals surface area contributed by atoms with Crippen molar-refractivity contribution >= 4 is 34.9 Å². The number of ether oxygens (including phenoxy) is 2. The molecule has 1 aromatic carbocycles. The number of methoxy groups -OCH3 is 1. The summed E-state index contributed by atoms with van der Waals surface area (Å²) in [4.78, 5) is 27.9. The van der Waals surface area contributed by atoms with Gasteiger partial charge in [-0.3, -0.25) is 14.5 Å². The van der Waals surface area contributed by atoms with E-state index in [9.17, 15) is 9.59 Å². The van der Waals surface area contributed by atoms with Gasteiger partial charge in [0.15, 0.2) is 5.11 Å². The Morgan fingerprint density at radius 1 is 1.28 bits per heavy atom. The summed E-state index contributed by atoms with van der Waals surface area (Å²) in [5.41, 5.74) is 0.702. The van der Waals surface area contributed by atoms with Gasteiger partial charge in [-0.15, -0.1) is 0 Å². The molecule has 0 spiro atoms. The molecule has 0 aliphatic carbocycles. The molecule has 1 aromatic rings. The van der Waals surface area contributed by atoms with Gasteiger partial charge in [-0.1, -0.05) is 18.2 Å². The van der Waals surface area contributed by atoms with Gasteiger partial charge in [-0.25, -0.2) is 0 Å². The van der Waals surface area contributed by atoms with Crippen LogP contribution in [-0.2, 0) is 19.1 Å². The van der Waals surface area contributed by atoms with Crippen LogP contribution >= 0.6 is 12.2 Å². The molecule has 136 valence electrons. The predicted molar refractivity (Wildman–Crippen MR) is 99.4 cm³/mol. The fraction of sp³-hybridized carbons (Fsp3) is 0.500. The van der Waals surface area contributed by atoms with Crippen LogP contribution in [0.15, 0.2) is 30.3 Å². The number of carbonyl (C=O) groups excluding carboxylic acids is 2. The van der Waals surface area contributed by atoms with Crippen LogP contribution in [0.5, 0.6) is 0 Å². The molecule has 1 heterocycles. The van der Waals surface area contributed by atoms with Crippen LogP contribution in [0.3, 0.4) is 0 Å². The number of amides is 1. The van der Waals surface area contributed by atoms with Crippen molar-refractivity contribution in [3.05, 3.63) is 30.3 Å². The summed E-state index contributed by atoms with van der Waals surface area (Å²) >= 11 is 5.53. The molecule has 1 saturated heterocycles. The number of rotatable bonds is 8. The summed E-state index contributed by atoms with van der Waals surface area (Å²) in [5.74, 6) is -0.633. The zero-order valence-electron chi connectivity index (χ0n) is 14.8. The molecule has 0 N–H and O–H groups in total. The minimum atomic E-state index is -0.640. The summed E-state index contributed by atoms with van der Waals surface area (Å²) in [6, 6.07) is 8.58. The number of esters is 1. The Morgan fingerprint density at radius 3 is 2.56 bits per heavy atom. The van der Waals surface area contributed by atoms with Gasteiger partial charge in [0.25, 0.3) is 5.91 Å². The molecule has 2 rings (SSSR count). The fourth-order valence-corrected chi connectivity index (χ4v) is 3.11. The Bertz CT molecular complexity index is 621. The van der Waals surface area contributed by atoms with Crippen LogP contribution in [0, 0.1) is 0 Å². The van der Waals surface area contributed by atoms with Gasteiger partial charge in [0.2, 0.25) is 0 Å². The summed E-state index contributed by atoms with van der Waals surface area (Å²) in [6.07, 6.45) is 0.842. The zero-order valence-corrected chi connectivity index (χ0v) is 15.6. The quantitative estimate of drug-likeness (QED) is 0.401. The van der Waals surface area contributed by atoms with Gasteiger partial charge in [-0.05, 0) is 44.6 Å². The number of benzene rings is 1. The SMILES string of the molecule is COC(=O)CC1C(=O)N(c2ccccc2)C(=S)N1CCCOC(C)C. The molecule has 1 fully saturated rings. The summed E-state index contributed by atoms with van der Waals surface area (Å²) in [6.45, 7) is 5.06. The molecule has 25 heavy (non-hydrogen) atoms. The van der Waals surface area contributed by atoms with Crippen LogP contribution in [0.1, 0.15) is 26.7 Å². The van der Waals surface area contributed by atoms with Crippen LogP contribution in [0.2, 0.25) is 0 Å². The third kappa shape index (κ3) is 4.76. The Morgan fingerprint density at radius 2 is 1.96 bits per heavy atom. The molecule has 0 radical (unpaired) electrons. The summed E-state index contributed by atoms with van der Waals surface area (Å²) in [7, 11) is 1.32. The molecule has 6 nitrogen and oxygen atoms in total. The van der Waals surface area contributed by atoms with Crippen molar-refractivity contribution in [3.8, 4) is 0 Å². The van der Waals surface area contributed by atoms with Crippen molar-refractivity contribution in [2.24, 2.45) is 0 Å². The van der Waals surface area contributed by atoms with Gasteiger partial charge >= 0.3 is 5.97 Å². The summed E-state index contributed by atoms with van der Waals surface area (Å²) < 4.78 is 10.3. The van der Waals surface area contributed by atoms with Crippen molar-refractivity contribution in [1.82, 2.24) is 4.90 Å². The lowest BCUT2D eigenvalue weighted by Gasteiger charge is -2.23. The Labute approximate surface area is 153 Å². The van der Waals surface area contributed by atoms with E-state index < -0.39 is 12.0 Å². The monoisotopic (exact) mass is 364 g/mol. The highest BCUT2D eigenvalue weighted by atomic mass is 32.1. The number of hydrogen-bond acceptors (Lipinski definition) is 5. The zero-order chi connectivity index (χ0) is 18.4. The Hall–Kier alpha value is -1.99. The highest BCUT2D eigenvalue weighted by molar-refractivity contribution is 7.80. The first-order chi connectivity index (χ1) is 12.0. The van der Waals surface area contributed by atoms with E-state index in [1.807, 2.05) is 44.2 Å². The molecule has 1 unspecified atom stereocenters. The molecule has 1 aliphatic rings. The van der Waals surface area contributed by atoms with Crippen LogP contribution in [0.4, 0.5) is 5.69 Å². The number of hydrogen-bond donors (Lipinski definition) is 0. The van der Waals surface area contributed by atoms with Crippen LogP contribution < -0.4 is 4.90 Å². The van der Waals surface area contributed by atoms with E-state index in [4.69, 9.17) is 21.7 Å². The first kappa shape index (κ1) is 19.3. The fourth-order valence-electron chi connectivity index (χ4n) is 2.70. The van der Waals surface area contributed by atoms with Crippen LogP contribution in [0.25, 0.3) is 0 Å². The molecule has 1 aliphatic heterocycles. The summed E-state index contributed by atoms with van der Waals surface area (Å²) in [5, 5.41) is 0.412. The number of thiocarbonyl (C=S) groups is 1. The van der Waals surface area contributed by atoms with E-state index in [1.165, 1.54) is 12.0 Å². The second kappa shape index (κ2) is 8.92. The van der Waals surface area contributed by atoms with Gasteiger partial charge in [0.1, 0.15) is 6.04 Å². The maximum atomic E-state index is 12.9. The number of anilines is 1. The topological polar surface area (TPSA) is 59.1 Å². The van der Waals surface area contributed by atoms with E-state index in [0.717, 1.165) is 0 Å². The van der Waals surface area contributed by atoms with E-state index in [-0.39, 0.29) is 18.4 Å². The maximum Gasteiger partial charge on any atom is 0.308 e. The van der Waals surface area contributed by atoms with Gasteiger partial charge in [-0.2, -0.15) is 0 Å². The molecular formula is C18H24N2O4S. The first-order valence-electron chi connectivity index (χ1n) is 8.33. The number of carbonyl (C=O) groups is 2. The van der Waals surface area contributed by atoms with Crippen LogP contribution in [-0.4, -0.2) is 54.3 Å². The lowest BCUT2D eigenvalue weighted by molar-refractivity contribution is -0.143. The Kier molecular flexibility index (Phi) is 6.90. The van der Waals surface area contributed by atoms with E-state index in [2.05, 4.69) is 0 Å². The lowest BCUT2D eigenvalue weighted by atomic mass is 10.1. The molecule has 7 heteroatoms. The molecular weight excluding hydrogens is 340 g/mol. The molecule has 0 saturated carbocycles. The van der Waals surface area contributed by atoms with Crippen molar-refractivity contribution in [2.45, 2.75) is 38.8 Å². The van der Waals surface area contributed by atoms with E-state index in [1.54, 1.807) is 4.90 Å². The highest BCUT2D eigenvalue weighted by Crippen LogP contribution is 2.27. The van der Waals surface area contributed by atoms with Gasteiger partial charge < -0.3 is 14.4 Å². The molecule has 0 aromatic heterocycles. The number of nitrogens with zero attached hydrogens (tertiary/aromatic N) is 2. The van der Waals surface area contributed by atoms with Crippen molar-refractivity contribution in [1.29, 1.82) is 0 Å². The second-order valence-electron chi connectivity index (χ2n) is 6.05. The normalized spacial score (nSPS) is 17.5. The maximum absolute atomic E-state index is 12.9. The first-order valence-corrected chi connectivity index (χ1v) is 8.74. The standard InChI is InChI=1S/C18H24N2O4S/c1-13(2)24-11-7-10-19-15(12-16(21)23-3)17(22)20(18(19)25)14-8-5-4-6-9-14/h4-6,8-9,13,15H,7,10-12H2,1-3H3. The largest absolute Gasteiger partial charge is 0.469 e. The average molecular weight is 364 g/mol. The Balaban J connectivity index is 2.16. The lowest BCUT2D eigenvalue weighted by Crippen LogP contribution is -2.38. The smallest absolute Gasteiger partial charge is 0.308 e. The third-order valence-electron chi connectivity index (χ3n) is 3.92. The minimum absolute atomic E-state index is 0.0240. The van der Waals surface area contributed by atoms with E-state index >= 15 is 0 Å². The van der Waals surface area contributed by atoms with Gasteiger partial charge in [0, 0.05) is 13.2 Å². The highest BCUT2D eigenvalue weighted by Gasteiger charge is 2.43. The average Bonchev–Trinajstić information content (AvgIpc) is 2.82. The van der Waals surface area contributed by atoms with E-state index in [0.29, 0.717) is 30.4 Å². The minimum Gasteiger partial charge on any atom is -0.469 e. The second-order valence-corrected chi connectivity index (χ2v) is 6.42. The predicted octanol–water partition coefficient (Wildman–Crippen LogP) is 2.37. The van der Waals surface area contributed by atoms with Crippen molar-refractivity contribution in [2.75, 3.05) is 25.2 Å². The molecule has 0 bridgehead atoms. The molecule has 1 amide bonds. The van der Waals surface area contributed by atoms with Gasteiger partial charge in [0.05, 0.1) is 25.3 Å². The molecule has 1 atom stereocenters. The van der Waals surface area contributed by atoms with Crippen molar-refractivity contribution in [3.63, 3.8) is 0 Å².